The van der Waals surface area contributed by atoms with Crippen LogP contribution in [0.5, 0.6) is 5.75 Å². The Kier molecular flexibility index (Phi) is 3.68. The molecule has 0 spiro atoms. The van der Waals surface area contributed by atoms with Crippen LogP contribution >= 0.6 is 0 Å². The molecule has 0 aliphatic heterocycles. The zero-order valence-electron chi connectivity index (χ0n) is 8.06. The number of primary amides is 1. The highest BCUT2D eigenvalue weighted by Crippen LogP contribution is 2.13. The molecule has 0 heterocycles. The number of aromatic hydroxyl groups is 1. The Morgan fingerprint density at radius 3 is 2.33 bits per heavy atom. The van der Waals surface area contributed by atoms with Crippen molar-refractivity contribution >= 4 is 17.5 Å². The molecule has 80 valence electrons. The third-order valence-corrected chi connectivity index (χ3v) is 1.75. The Morgan fingerprint density at radius 1 is 1.20 bits per heavy atom. The molecule has 5 heteroatoms. The van der Waals surface area contributed by atoms with Gasteiger partial charge in [0, 0.05) is 18.5 Å². The zero-order chi connectivity index (χ0) is 11.3. The van der Waals surface area contributed by atoms with Crippen LogP contribution in [0.1, 0.15) is 12.8 Å². The summed E-state index contributed by atoms with van der Waals surface area (Å²) in [4.78, 5) is 21.6. The molecule has 0 unspecified atom stereocenters. The van der Waals surface area contributed by atoms with Crippen molar-refractivity contribution in [2.45, 2.75) is 12.8 Å². The number of phenolic OH excluding ortho intramolecular Hbond substituents is 1. The number of rotatable bonds is 4. The monoisotopic (exact) mass is 208 g/mol. The van der Waals surface area contributed by atoms with E-state index in [4.69, 9.17) is 10.8 Å². The second-order valence-electron chi connectivity index (χ2n) is 3.06. The van der Waals surface area contributed by atoms with Crippen LogP contribution in [0.2, 0.25) is 0 Å². The van der Waals surface area contributed by atoms with Crippen molar-refractivity contribution in [2.75, 3.05) is 5.32 Å². The van der Waals surface area contributed by atoms with Gasteiger partial charge in [0.05, 0.1) is 0 Å². The fraction of sp³-hybridized carbons (Fsp3) is 0.200. The maximum absolute atomic E-state index is 11.2. The van der Waals surface area contributed by atoms with Gasteiger partial charge in [0.15, 0.2) is 0 Å². The predicted molar refractivity (Wildman–Crippen MR) is 55.2 cm³/mol. The van der Waals surface area contributed by atoms with Gasteiger partial charge in [-0.3, -0.25) is 9.59 Å². The van der Waals surface area contributed by atoms with Gasteiger partial charge in [-0.2, -0.15) is 0 Å². The lowest BCUT2D eigenvalue weighted by atomic mass is 10.2. The number of hydrogen-bond acceptors (Lipinski definition) is 3. The number of benzene rings is 1. The minimum atomic E-state index is -0.504. The van der Waals surface area contributed by atoms with Crippen molar-refractivity contribution in [3.05, 3.63) is 24.3 Å². The average Bonchev–Trinajstić information content (AvgIpc) is 2.19. The minimum absolute atomic E-state index is 0.0317. The van der Waals surface area contributed by atoms with Crippen LogP contribution in [-0.4, -0.2) is 16.9 Å². The normalized spacial score (nSPS) is 9.60. The minimum Gasteiger partial charge on any atom is -0.508 e. The van der Waals surface area contributed by atoms with Crippen LogP contribution in [0, 0.1) is 0 Å². The quantitative estimate of drug-likeness (QED) is 0.632. The van der Waals surface area contributed by atoms with Crippen molar-refractivity contribution in [2.24, 2.45) is 5.73 Å². The van der Waals surface area contributed by atoms with Crippen LogP contribution in [0.15, 0.2) is 24.3 Å². The maximum atomic E-state index is 11.2. The SMILES string of the molecule is NC(=O)CCC(=O)Nc1ccc(O)cc1. The van der Waals surface area contributed by atoms with Gasteiger partial charge in [-0.05, 0) is 24.3 Å². The number of carbonyl (C=O) groups excluding carboxylic acids is 2. The standard InChI is InChI=1S/C10H12N2O3/c11-9(14)5-6-10(15)12-7-1-3-8(13)4-2-7/h1-4,13H,5-6H2,(H2,11,14)(H,12,15). The van der Waals surface area contributed by atoms with Crippen LogP contribution in [0.3, 0.4) is 0 Å². The Bertz CT molecular complexity index is 359. The summed E-state index contributed by atoms with van der Waals surface area (Å²) >= 11 is 0. The van der Waals surface area contributed by atoms with Crippen molar-refractivity contribution in [3.63, 3.8) is 0 Å². The van der Waals surface area contributed by atoms with Crippen LogP contribution in [0.25, 0.3) is 0 Å². The molecule has 0 aliphatic rings. The van der Waals surface area contributed by atoms with E-state index >= 15 is 0 Å². The molecule has 1 rings (SSSR count). The first kappa shape index (κ1) is 11.0. The van der Waals surface area contributed by atoms with E-state index in [1.807, 2.05) is 0 Å². The molecule has 0 aliphatic carbocycles. The second-order valence-corrected chi connectivity index (χ2v) is 3.06. The number of amides is 2. The molecule has 0 bridgehead atoms. The highest BCUT2D eigenvalue weighted by molar-refractivity contribution is 5.92. The van der Waals surface area contributed by atoms with Gasteiger partial charge in [-0.25, -0.2) is 0 Å². The van der Waals surface area contributed by atoms with E-state index in [-0.39, 0.29) is 24.5 Å². The lowest BCUT2D eigenvalue weighted by Crippen LogP contribution is -2.17. The van der Waals surface area contributed by atoms with E-state index in [0.717, 1.165) is 0 Å². The predicted octanol–water partition coefficient (Wildman–Crippen LogP) is 0.596. The first-order valence-electron chi connectivity index (χ1n) is 4.45. The Labute approximate surface area is 86.9 Å². The molecule has 2 amide bonds. The highest BCUT2D eigenvalue weighted by atomic mass is 16.3. The van der Waals surface area contributed by atoms with Crippen LogP contribution < -0.4 is 11.1 Å². The van der Waals surface area contributed by atoms with Gasteiger partial charge < -0.3 is 16.2 Å². The lowest BCUT2D eigenvalue weighted by Gasteiger charge is -2.03. The smallest absolute Gasteiger partial charge is 0.224 e. The molecule has 0 radical (unpaired) electrons. The molecular formula is C10H12N2O3. The first-order chi connectivity index (χ1) is 7.08. The summed E-state index contributed by atoms with van der Waals surface area (Å²) in [5.74, 6) is -0.652. The van der Waals surface area contributed by atoms with Crippen molar-refractivity contribution < 1.29 is 14.7 Å². The largest absolute Gasteiger partial charge is 0.508 e. The van der Waals surface area contributed by atoms with Gasteiger partial charge in [0.25, 0.3) is 0 Å². The molecule has 0 atom stereocenters. The summed E-state index contributed by atoms with van der Waals surface area (Å²) in [5.41, 5.74) is 5.47. The topological polar surface area (TPSA) is 92.4 Å². The number of nitrogens with one attached hydrogen (secondary N) is 1. The van der Waals surface area contributed by atoms with E-state index in [1.54, 1.807) is 12.1 Å². The number of carbonyl (C=O) groups is 2. The van der Waals surface area contributed by atoms with E-state index in [0.29, 0.717) is 5.69 Å². The Hall–Kier alpha value is -2.04. The first-order valence-corrected chi connectivity index (χ1v) is 4.45. The lowest BCUT2D eigenvalue weighted by molar-refractivity contribution is -0.122. The van der Waals surface area contributed by atoms with Crippen LogP contribution in [0.4, 0.5) is 5.69 Å². The highest BCUT2D eigenvalue weighted by Gasteiger charge is 2.04. The number of nitrogens with two attached hydrogens (primary N) is 1. The van der Waals surface area contributed by atoms with Gasteiger partial charge in [0.1, 0.15) is 5.75 Å². The number of phenols is 1. The van der Waals surface area contributed by atoms with Gasteiger partial charge >= 0.3 is 0 Å². The molecule has 15 heavy (non-hydrogen) atoms. The zero-order valence-corrected chi connectivity index (χ0v) is 8.06. The van der Waals surface area contributed by atoms with E-state index in [1.165, 1.54) is 12.1 Å². The van der Waals surface area contributed by atoms with Gasteiger partial charge in [-0.1, -0.05) is 0 Å². The Morgan fingerprint density at radius 2 is 1.80 bits per heavy atom. The number of hydrogen-bond donors (Lipinski definition) is 3. The van der Waals surface area contributed by atoms with Crippen molar-refractivity contribution in [3.8, 4) is 5.75 Å². The molecule has 5 nitrogen and oxygen atoms in total. The van der Waals surface area contributed by atoms with Crippen molar-refractivity contribution in [1.29, 1.82) is 0 Å². The van der Waals surface area contributed by atoms with E-state index in [9.17, 15) is 9.59 Å². The summed E-state index contributed by atoms with van der Waals surface area (Å²) in [6, 6.07) is 6.06. The third-order valence-electron chi connectivity index (χ3n) is 1.75. The second kappa shape index (κ2) is 4.99. The molecule has 4 N–H and O–H groups in total. The summed E-state index contributed by atoms with van der Waals surface area (Å²) < 4.78 is 0. The molecule has 0 fully saturated rings. The molecule has 0 saturated carbocycles. The van der Waals surface area contributed by atoms with Gasteiger partial charge in [0.2, 0.25) is 11.8 Å². The molecule has 0 saturated heterocycles. The summed E-state index contributed by atoms with van der Waals surface area (Å²) in [6.07, 6.45) is 0.0973. The van der Waals surface area contributed by atoms with Crippen LogP contribution in [-0.2, 0) is 9.59 Å². The van der Waals surface area contributed by atoms with E-state index < -0.39 is 5.91 Å². The number of anilines is 1. The van der Waals surface area contributed by atoms with E-state index in [2.05, 4.69) is 5.32 Å². The van der Waals surface area contributed by atoms with Gasteiger partial charge in [-0.15, -0.1) is 0 Å². The fourth-order valence-corrected chi connectivity index (χ4v) is 1.00. The molecular weight excluding hydrogens is 196 g/mol. The summed E-state index contributed by atoms with van der Waals surface area (Å²) in [7, 11) is 0. The summed E-state index contributed by atoms with van der Waals surface area (Å²) in [6.45, 7) is 0. The third kappa shape index (κ3) is 4.12. The fourth-order valence-electron chi connectivity index (χ4n) is 1.00. The average molecular weight is 208 g/mol. The molecule has 0 aromatic heterocycles. The Balaban J connectivity index is 2.44. The van der Waals surface area contributed by atoms with Crippen molar-refractivity contribution in [1.82, 2.24) is 0 Å². The maximum Gasteiger partial charge on any atom is 0.224 e. The molecule has 1 aromatic rings. The molecule has 1 aromatic carbocycles. The summed E-state index contributed by atoms with van der Waals surface area (Å²) in [5, 5.41) is 11.6.